The summed E-state index contributed by atoms with van der Waals surface area (Å²) in [6, 6.07) is 1.57. The van der Waals surface area contributed by atoms with Gasteiger partial charge in [-0.2, -0.15) is 5.10 Å². The monoisotopic (exact) mass is 237 g/mol. The van der Waals surface area contributed by atoms with Crippen LogP contribution in [0.3, 0.4) is 0 Å². The topological polar surface area (TPSA) is 58.4 Å². The van der Waals surface area contributed by atoms with Crippen molar-refractivity contribution in [2.24, 2.45) is 5.92 Å². The second-order valence-electron chi connectivity index (χ2n) is 4.72. The molecule has 2 rings (SSSR count). The molecule has 1 fully saturated rings. The summed E-state index contributed by atoms with van der Waals surface area (Å²) < 4.78 is 1.96. The maximum Gasteiger partial charge on any atom is 0.320 e. The van der Waals surface area contributed by atoms with Gasteiger partial charge in [0.05, 0.1) is 0 Å². The molecular weight excluding hydrogens is 218 g/mol. The molecule has 1 aliphatic rings. The quantitative estimate of drug-likeness (QED) is 0.851. The van der Waals surface area contributed by atoms with E-state index in [1.54, 1.807) is 13.1 Å². The van der Waals surface area contributed by atoms with Crippen molar-refractivity contribution in [2.45, 2.75) is 32.4 Å². The summed E-state index contributed by atoms with van der Waals surface area (Å²) in [7, 11) is 0. The van der Waals surface area contributed by atoms with Gasteiger partial charge >= 0.3 is 5.97 Å². The van der Waals surface area contributed by atoms with Crippen LogP contribution in [0.15, 0.2) is 18.5 Å². The Morgan fingerprint density at radius 3 is 2.76 bits per heavy atom. The van der Waals surface area contributed by atoms with E-state index in [1.807, 2.05) is 21.8 Å². The van der Waals surface area contributed by atoms with Gasteiger partial charge in [0.15, 0.2) is 0 Å². The zero-order valence-electron chi connectivity index (χ0n) is 10.1. The summed E-state index contributed by atoms with van der Waals surface area (Å²) >= 11 is 0. The molecule has 1 aromatic heterocycles. The molecule has 94 valence electrons. The van der Waals surface area contributed by atoms with Crippen molar-refractivity contribution in [2.75, 3.05) is 13.1 Å². The molecule has 0 saturated carbocycles. The summed E-state index contributed by atoms with van der Waals surface area (Å²) in [5, 5.41) is 13.2. The maximum absolute atomic E-state index is 10.9. The molecule has 17 heavy (non-hydrogen) atoms. The predicted molar refractivity (Wildman–Crippen MR) is 63.6 cm³/mol. The van der Waals surface area contributed by atoms with E-state index in [0.29, 0.717) is 5.92 Å². The van der Waals surface area contributed by atoms with Crippen LogP contribution >= 0.6 is 0 Å². The fourth-order valence-electron chi connectivity index (χ4n) is 2.35. The van der Waals surface area contributed by atoms with Crippen molar-refractivity contribution in [3.63, 3.8) is 0 Å². The zero-order valence-corrected chi connectivity index (χ0v) is 10.1. The van der Waals surface area contributed by atoms with Gasteiger partial charge in [-0.25, -0.2) is 0 Å². The van der Waals surface area contributed by atoms with Gasteiger partial charge in [0.25, 0.3) is 0 Å². The fourth-order valence-corrected chi connectivity index (χ4v) is 2.35. The minimum atomic E-state index is -0.726. The first-order valence-corrected chi connectivity index (χ1v) is 6.11. The molecule has 1 saturated heterocycles. The van der Waals surface area contributed by atoms with Gasteiger partial charge in [0.2, 0.25) is 0 Å². The molecule has 1 unspecified atom stereocenters. The number of piperidine rings is 1. The fraction of sp³-hybridized carbons (Fsp3) is 0.667. The normalized spacial score (nSPS) is 20.3. The highest BCUT2D eigenvalue weighted by Crippen LogP contribution is 2.20. The molecule has 1 aliphatic heterocycles. The Hall–Kier alpha value is -1.36. The van der Waals surface area contributed by atoms with Crippen LogP contribution in [-0.4, -0.2) is 44.9 Å². The Balaban J connectivity index is 1.80. The highest BCUT2D eigenvalue weighted by atomic mass is 16.4. The molecule has 0 bridgehead atoms. The standard InChI is InChI=1S/C12H19N3O2/c1-10(12(16)17)14-7-3-11(4-8-14)9-15-6-2-5-13-15/h2,5-6,10-11H,3-4,7-9H2,1H3,(H,16,17). The second kappa shape index (κ2) is 5.31. The van der Waals surface area contributed by atoms with E-state index < -0.39 is 5.97 Å². The molecule has 5 heteroatoms. The molecule has 0 aromatic carbocycles. The Kier molecular flexibility index (Phi) is 3.78. The number of rotatable bonds is 4. The summed E-state index contributed by atoms with van der Waals surface area (Å²) in [6.07, 6.45) is 5.88. The third kappa shape index (κ3) is 3.06. The molecule has 5 nitrogen and oxygen atoms in total. The number of hydrogen-bond acceptors (Lipinski definition) is 3. The first-order valence-electron chi connectivity index (χ1n) is 6.11. The highest BCUT2D eigenvalue weighted by Gasteiger charge is 2.26. The van der Waals surface area contributed by atoms with Crippen LogP contribution in [0, 0.1) is 5.92 Å². The van der Waals surface area contributed by atoms with E-state index in [0.717, 1.165) is 32.5 Å². The number of carboxylic acid groups (broad SMARTS) is 1. The van der Waals surface area contributed by atoms with Crippen LogP contribution < -0.4 is 0 Å². The Labute approximate surface area is 101 Å². The van der Waals surface area contributed by atoms with Crippen molar-refractivity contribution in [3.05, 3.63) is 18.5 Å². The van der Waals surface area contributed by atoms with Gasteiger partial charge in [-0.1, -0.05) is 0 Å². The van der Waals surface area contributed by atoms with Crippen LogP contribution in [0.25, 0.3) is 0 Å². The number of aromatic nitrogens is 2. The molecule has 0 spiro atoms. The molecule has 1 aromatic rings. The van der Waals surface area contributed by atoms with E-state index in [9.17, 15) is 4.79 Å². The van der Waals surface area contributed by atoms with Crippen LogP contribution in [-0.2, 0) is 11.3 Å². The number of nitrogens with zero attached hydrogens (tertiary/aromatic N) is 3. The minimum Gasteiger partial charge on any atom is -0.480 e. The van der Waals surface area contributed by atoms with Gasteiger partial charge < -0.3 is 5.11 Å². The van der Waals surface area contributed by atoms with E-state index >= 15 is 0 Å². The van der Waals surface area contributed by atoms with Crippen molar-refractivity contribution < 1.29 is 9.90 Å². The largest absolute Gasteiger partial charge is 0.480 e. The summed E-state index contributed by atoms with van der Waals surface area (Å²) in [4.78, 5) is 12.9. The van der Waals surface area contributed by atoms with Crippen molar-refractivity contribution >= 4 is 5.97 Å². The third-order valence-electron chi connectivity index (χ3n) is 3.56. The number of hydrogen-bond donors (Lipinski definition) is 1. The average molecular weight is 237 g/mol. The number of aliphatic carboxylic acids is 1. The third-order valence-corrected chi connectivity index (χ3v) is 3.56. The summed E-state index contributed by atoms with van der Waals surface area (Å²) in [5.74, 6) is -0.109. The van der Waals surface area contributed by atoms with Gasteiger partial charge in [0.1, 0.15) is 6.04 Å². The number of carbonyl (C=O) groups is 1. The lowest BCUT2D eigenvalue weighted by atomic mass is 9.96. The molecule has 2 heterocycles. The van der Waals surface area contributed by atoms with E-state index in [2.05, 4.69) is 5.10 Å². The SMILES string of the molecule is CC(C(=O)O)N1CCC(Cn2cccn2)CC1. The average Bonchev–Trinajstić information content (AvgIpc) is 2.82. The predicted octanol–water partition coefficient (Wildman–Crippen LogP) is 1.07. The van der Waals surface area contributed by atoms with Gasteiger partial charge in [-0.15, -0.1) is 0 Å². The second-order valence-corrected chi connectivity index (χ2v) is 4.72. The molecule has 0 aliphatic carbocycles. The van der Waals surface area contributed by atoms with Crippen LogP contribution in [0.2, 0.25) is 0 Å². The molecule has 1 N–H and O–H groups in total. The first-order chi connectivity index (χ1) is 8.16. The van der Waals surface area contributed by atoms with Gasteiger partial charge in [-0.3, -0.25) is 14.4 Å². The van der Waals surface area contributed by atoms with E-state index in [4.69, 9.17) is 5.11 Å². The number of carboxylic acids is 1. The van der Waals surface area contributed by atoms with Crippen LogP contribution in [0.5, 0.6) is 0 Å². The molecule has 1 atom stereocenters. The Bertz CT molecular complexity index is 356. The lowest BCUT2D eigenvalue weighted by Crippen LogP contribution is -2.44. The molecule has 0 radical (unpaired) electrons. The number of likely N-dealkylation sites (tertiary alicyclic amines) is 1. The van der Waals surface area contributed by atoms with Crippen molar-refractivity contribution in [3.8, 4) is 0 Å². The molecule has 0 amide bonds. The van der Waals surface area contributed by atoms with Crippen LogP contribution in [0.4, 0.5) is 0 Å². The van der Waals surface area contributed by atoms with Crippen LogP contribution in [0.1, 0.15) is 19.8 Å². The lowest BCUT2D eigenvalue weighted by molar-refractivity contribution is -0.143. The Morgan fingerprint density at radius 2 is 2.24 bits per heavy atom. The maximum atomic E-state index is 10.9. The van der Waals surface area contributed by atoms with Gasteiger partial charge in [0, 0.05) is 18.9 Å². The zero-order chi connectivity index (χ0) is 12.3. The summed E-state index contributed by atoms with van der Waals surface area (Å²) in [6.45, 7) is 4.46. The van der Waals surface area contributed by atoms with E-state index in [1.165, 1.54) is 0 Å². The molecular formula is C12H19N3O2. The lowest BCUT2D eigenvalue weighted by Gasteiger charge is -2.34. The highest BCUT2D eigenvalue weighted by molar-refractivity contribution is 5.72. The van der Waals surface area contributed by atoms with Crippen molar-refractivity contribution in [1.82, 2.24) is 14.7 Å². The first kappa shape index (κ1) is 12.1. The smallest absolute Gasteiger partial charge is 0.320 e. The van der Waals surface area contributed by atoms with E-state index in [-0.39, 0.29) is 6.04 Å². The Morgan fingerprint density at radius 1 is 1.53 bits per heavy atom. The minimum absolute atomic E-state index is 0.361. The summed E-state index contributed by atoms with van der Waals surface area (Å²) in [5.41, 5.74) is 0. The van der Waals surface area contributed by atoms with Crippen molar-refractivity contribution in [1.29, 1.82) is 0 Å². The van der Waals surface area contributed by atoms with Gasteiger partial charge in [-0.05, 0) is 44.8 Å².